The van der Waals surface area contributed by atoms with Crippen LogP contribution in [0.4, 0.5) is 0 Å². The van der Waals surface area contributed by atoms with Crippen molar-refractivity contribution in [3.63, 3.8) is 0 Å². The van der Waals surface area contributed by atoms with Gasteiger partial charge in [0, 0.05) is 63.8 Å². The summed E-state index contributed by atoms with van der Waals surface area (Å²) in [5.74, 6) is 1.07. The van der Waals surface area contributed by atoms with Crippen LogP contribution in [0.2, 0.25) is 0 Å². The van der Waals surface area contributed by atoms with Crippen molar-refractivity contribution in [1.82, 2.24) is 19.8 Å². The van der Waals surface area contributed by atoms with E-state index in [0.717, 1.165) is 60.3 Å². The Morgan fingerprint density at radius 2 is 2.00 bits per heavy atom. The number of para-hydroxylation sites is 2. The van der Waals surface area contributed by atoms with Crippen molar-refractivity contribution in [3.05, 3.63) is 65.0 Å². The fourth-order valence-corrected chi connectivity index (χ4v) is 5.06. The highest BCUT2D eigenvalue weighted by atomic mass is 16.5. The number of imidazole rings is 1. The largest absolute Gasteiger partial charge is 0.385 e. The van der Waals surface area contributed by atoms with Gasteiger partial charge in [0.1, 0.15) is 5.82 Å². The van der Waals surface area contributed by atoms with Gasteiger partial charge in [-0.3, -0.25) is 9.59 Å². The van der Waals surface area contributed by atoms with Crippen LogP contribution in [0.15, 0.2) is 42.5 Å². The Morgan fingerprint density at radius 1 is 1.19 bits per heavy atom. The summed E-state index contributed by atoms with van der Waals surface area (Å²) in [6.45, 7) is 7.13. The first kappa shape index (κ1) is 26.8. The summed E-state index contributed by atoms with van der Waals surface area (Å²) in [5.41, 5.74) is 11.2. The Labute approximate surface area is 219 Å². The average Bonchev–Trinajstić information content (AvgIpc) is 3.27. The number of nitrogens with zero attached hydrogens (tertiary/aromatic N) is 3. The van der Waals surface area contributed by atoms with Crippen molar-refractivity contribution in [2.24, 2.45) is 5.73 Å². The second-order valence-corrected chi connectivity index (χ2v) is 10.1. The van der Waals surface area contributed by atoms with Gasteiger partial charge >= 0.3 is 0 Å². The molecule has 1 aliphatic rings. The minimum absolute atomic E-state index is 0.0275. The molecular weight excluding hydrogens is 466 g/mol. The first-order valence-electron chi connectivity index (χ1n) is 13.2. The van der Waals surface area contributed by atoms with E-state index in [9.17, 15) is 9.59 Å². The number of amides is 2. The summed E-state index contributed by atoms with van der Waals surface area (Å²) in [4.78, 5) is 32.5. The highest BCUT2D eigenvalue weighted by Gasteiger charge is 2.29. The van der Waals surface area contributed by atoms with Crippen LogP contribution >= 0.6 is 0 Å². The Balaban J connectivity index is 1.36. The molecule has 4 rings (SSSR count). The second kappa shape index (κ2) is 12.3. The maximum absolute atomic E-state index is 13.1. The Bertz CT molecular complexity index is 1240. The molecule has 1 aromatic heterocycles. The molecule has 2 unspecified atom stereocenters. The minimum Gasteiger partial charge on any atom is -0.385 e. The molecular formula is C29H39N5O3. The van der Waals surface area contributed by atoms with Gasteiger partial charge in [0.05, 0.1) is 11.0 Å². The number of rotatable bonds is 10. The third-order valence-corrected chi connectivity index (χ3v) is 7.28. The molecule has 3 aromatic rings. The van der Waals surface area contributed by atoms with Crippen LogP contribution in [0.1, 0.15) is 58.9 Å². The van der Waals surface area contributed by atoms with E-state index >= 15 is 0 Å². The number of fused-ring (bicyclic) bond motifs is 1. The number of piperidine rings is 1. The van der Waals surface area contributed by atoms with Crippen molar-refractivity contribution < 1.29 is 14.3 Å². The molecule has 0 spiro atoms. The number of aryl methyl sites for hydroxylation is 3. The molecule has 2 heterocycles. The number of carbonyl (C=O) groups is 2. The van der Waals surface area contributed by atoms with E-state index in [1.807, 2.05) is 55.1 Å². The predicted octanol–water partition coefficient (Wildman–Crippen LogP) is 3.54. The topological polar surface area (TPSA) is 102 Å². The van der Waals surface area contributed by atoms with Gasteiger partial charge in [-0.1, -0.05) is 18.2 Å². The molecule has 8 heteroatoms. The van der Waals surface area contributed by atoms with Crippen molar-refractivity contribution in [2.75, 3.05) is 33.4 Å². The lowest BCUT2D eigenvalue weighted by molar-refractivity contribution is -0.132. The minimum atomic E-state index is -0.443. The number of nitrogens with one attached hydrogen (secondary N) is 1. The van der Waals surface area contributed by atoms with Crippen LogP contribution in [-0.4, -0.2) is 65.7 Å². The van der Waals surface area contributed by atoms with E-state index in [0.29, 0.717) is 18.7 Å². The van der Waals surface area contributed by atoms with E-state index in [2.05, 4.69) is 16.0 Å². The van der Waals surface area contributed by atoms with E-state index < -0.39 is 6.04 Å². The number of carbonyl (C=O) groups excluding carboxylic acids is 2. The summed E-state index contributed by atoms with van der Waals surface area (Å²) < 4.78 is 7.56. The summed E-state index contributed by atoms with van der Waals surface area (Å²) >= 11 is 0. The van der Waals surface area contributed by atoms with Crippen molar-refractivity contribution in [3.8, 4) is 0 Å². The molecule has 2 aromatic carbocycles. The van der Waals surface area contributed by atoms with Crippen LogP contribution < -0.4 is 11.1 Å². The first-order valence-corrected chi connectivity index (χ1v) is 13.2. The van der Waals surface area contributed by atoms with E-state index in [1.165, 1.54) is 0 Å². The lowest BCUT2D eigenvalue weighted by atomic mass is 9.96. The van der Waals surface area contributed by atoms with E-state index in [-0.39, 0.29) is 30.7 Å². The summed E-state index contributed by atoms with van der Waals surface area (Å²) in [6.07, 6.45) is 3.03. The number of aromatic nitrogens is 2. The summed E-state index contributed by atoms with van der Waals surface area (Å²) in [7, 11) is 1.72. The van der Waals surface area contributed by atoms with E-state index in [4.69, 9.17) is 15.5 Å². The quantitative estimate of drug-likeness (QED) is 0.410. The molecule has 0 bridgehead atoms. The lowest BCUT2D eigenvalue weighted by Gasteiger charge is -2.33. The maximum Gasteiger partial charge on any atom is 0.251 e. The Kier molecular flexibility index (Phi) is 8.95. The third-order valence-electron chi connectivity index (χ3n) is 7.28. The second-order valence-electron chi connectivity index (χ2n) is 10.1. The Morgan fingerprint density at radius 3 is 2.78 bits per heavy atom. The number of methoxy groups -OCH3 is 1. The molecule has 1 aliphatic heterocycles. The van der Waals surface area contributed by atoms with Gasteiger partial charge in [-0.2, -0.15) is 0 Å². The monoisotopic (exact) mass is 505 g/mol. The van der Waals surface area contributed by atoms with Gasteiger partial charge in [-0.25, -0.2) is 4.98 Å². The first-order chi connectivity index (χ1) is 17.9. The van der Waals surface area contributed by atoms with Crippen LogP contribution in [0.25, 0.3) is 11.0 Å². The molecule has 198 valence electrons. The highest BCUT2D eigenvalue weighted by Crippen LogP contribution is 2.30. The zero-order chi connectivity index (χ0) is 26.4. The van der Waals surface area contributed by atoms with Gasteiger partial charge in [0.25, 0.3) is 5.91 Å². The van der Waals surface area contributed by atoms with Crippen LogP contribution in [0.3, 0.4) is 0 Å². The van der Waals surface area contributed by atoms with Crippen LogP contribution in [0.5, 0.6) is 0 Å². The summed E-state index contributed by atoms with van der Waals surface area (Å²) in [5, 5.41) is 2.88. The number of nitrogens with two attached hydrogens (primary N) is 1. The molecule has 8 nitrogen and oxygen atoms in total. The molecule has 1 fully saturated rings. The average molecular weight is 506 g/mol. The van der Waals surface area contributed by atoms with Gasteiger partial charge in [-0.15, -0.1) is 0 Å². The number of hydrogen-bond acceptors (Lipinski definition) is 5. The van der Waals surface area contributed by atoms with Crippen LogP contribution in [-0.2, 0) is 16.1 Å². The molecule has 0 aliphatic carbocycles. The molecule has 1 saturated heterocycles. The van der Waals surface area contributed by atoms with Crippen molar-refractivity contribution >= 4 is 22.8 Å². The molecule has 0 saturated carbocycles. The standard InChI is InChI=1S/C29H39N5O3/c1-20-11-12-22(16-21(20)2)29(36)31-18-24(30)17-27(35)33-13-6-8-23(19-33)28-32-25-9-4-5-10-26(25)34(28)14-7-15-37-3/h4-5,9-12,16,23-24H,6-8,13-15,17-19,30H2,1-3H3,(H,31,36). The van der Waals surface area contributed by atoms with Gasteiger partial charge in [-0.05, 0) is 68.5 Å². The molecule has 3 N–H and O–H groups in total. The fraction of sp³-hybridized carbons (Fsp3) is 0.483. The van der Waals surface area contributed by atoms with Crippen molar-refractivity contribution in [1.29, 1.82) is 0 Å². The van der Waals surface area contributed by atoms with E-state index in [1.54, 1.807) is 7.11 Å². The summed E-state index contributed by atoms with van der Waals surface area (Å²) in [6, 6.07) is 13.4. The zero-order valence-corrected chi connectivity index (χ0v) is 22.2. The normalized spacial score (nSPS) is 16.6. The lowest BCUT2D eigenvalue weighted by Crippen LogP contribution is -2.45. The SMILES string of the molecule is COCCCn1c(C2CCCN(C(=O)CC(N)CNC(=O)c3ccc(C)c(C)c3)C2)nc2ccccc21. The molecule has 2 atom stereocenters. The van der Waals surface area contributed by atoms with Crippen molar-refractivity contribution in [2.45, 2.75) is 58.0 Å². The van der Waals surface area contributed by atoms with Gasteiger partial charge in [0.2, 0.25) is 5.91 Å². The number of benzene rings is 2. The number of likely N-dealkylation sites (tertiary alicyclic amines) is 1. The Hall–Kier alpha value is -3.23. The maximum atomic E-state index is 13.1. The fourth-order valence-electron chi connectivity index (χ4n) is 5.06. The predicted molar refractivity (Wildman–Crippen MR) is 146 cm³/mol. The molecule has 37 heavy (non-hydrogen) atoms. The van der Waals surface area contributed by atoms with Crippen LogP contribution in [0, 0.1) is 13.8 Å². The third kappa shape index (κ3) is 6.56. The highest BCUT2D eigenvalue weighted by molar-refractivity contribution is 5.94. The van der Waals surface area contributed by atoms with Gasteiger partial charge in [0.15, 0.2) is 0 Å². The number of ether oxygens (including phenoxy) is 1. The smallest absolute Gasteiger partial charge is 0.251 e. The zero-order valence-electron chi connectivity index (χ0n) is 22.2. The molecule has 0 radical (unpaired) electrons. The molecule has 2 amide bonds. The number of hydrogen-bond donors (Lipinski definition) is 2. The van der Waals surface area contributed by atoms with Gasteiger partial charge < -0.3 is 25.3 Å².